The van der Waals surface area contributed by atoms with Crippen molar-refractivity contribution >= 4 is 11.5 Å². The van der Waals surface area contributed by atoms with Gasteiger partial charge in [-0.3, -0.25) is 0 Å². The van der Waals surface area contributed by atoms with Crippen LogP contribution in [0.15, 0.2) is 60.9 Å². The Labute approximate surface area is 155 Å². The van der Waals surface area contributed by atoms with Crippen molar-refractivity contribution in [3.8, 4) is 5.69 Å². The molecule has 0 aliphatic carbocycles. The average molecular weight is 368 g/mol. The third-order valence-corrected chi connectivity index (χ3v) is 5.36. The van der Waals surface area contributed by atoms with Gasteiger partial charge in [0.15, 0.2) is 13.1 Å². The van der Waals surface area contributed by atoms with Crippen LogP contribution in [-0.4, -0.2) is 40.7 Å². The highest BCUT2D eigenvalue weighted by atomic mass is 19.4. The normalized spacial score (nSPS) is 20.5. The van der Waals surface area contributed by atoms with Gasteiger partial charge in [-0.2, -0.15) is 0 Å². The molecule has 5 nitrogen and oxygen atoms in total. The monoisotopic (exact) mass is 368 g/mol. The summed E-state index contributed by atoms with van der Waals surface area (Å²) in [5.74, 6) is 0.779. The molecular formula is C20H20F2N5+. The fourth-order valence-corrected chi connectivity index (χ4v) is 3.99. The summed E-state index contributed by atoms with van der Waals surface area (Å²) in [6.45, 7) is 0.212. The minimum Gasteiger partial charge on any atom is -0.371 e. The first-order chi connectivity index (χ1) is 13.1. The van der Waals surface area contributed by atoms with E-state index in [0.29, 0.717) is 13.1 Å². The van der Waals surface area contributed by atoms with Gasteiger partial charge in [-0.1, -0.05) is 18.2 Å². The highest BCUT2D eigenvalue weighted by Gasteiger charge is 2.37. The van der Waals surface area contributed by atoms with Crippen molar-refractivity contribution in [3.63, 3.8) is 0 Å². The molecule has 0 bridgehead atoms. The van der Waals surface area contributed by atoms with Crippen molar-refractivity contribution < 1.29 is 13.9 Å². The van der Waals surface area contributed by atoms with Crippen LogP contribution >= 0.6 is 0 Å². The molecule has 1 atom stereocenters. The first kappa shape index (κ1) is 16.3. The zero-order valence-electron chi connectivity index (χ0n) is 14.7. The molecule has 2 aliphatic heterocycles. The molecule has 1 fully saturated rings. The average Bonchev–Trinajstić information content (AvgIpc) is 3.18. The summed E-state index contributed by atoms with van der Waals surface area (Å²) in [5, 5.41) is 3.61. The lowest BCUT2D eigenvalue weighted by atomic mass is 10.0. The molecule has 0 radical (unpaired) electrons. The maximum Gasteiger partial charge on any atom is 0.173 e. The van der Waals surface area contributed by atoms with Gasteiger partial charge >= 0.3 is 0 Å². The summed E-state index contributed by atoms with van der Waals surface area (Å²) in [6, 6.07) is 16.1. The molecule has 138 valence electrons. The predicted molar refractivity (Wildman–Crippen MR) is 99.9 cm³/mol. The van der Waals surface area contributed by atoms with Crippen LogP contribution in [0.5, 0.6) is 0 Å². The zero-order valence-corrected chi connectivity index (χ0v) is 14.7. The van der Waals surface area contributed by atoms with Crippen LogP contribution in [0.3, 0.4) is 0 Å². The van der Waals surface area contributed by atoms with Crippen LogP contribution in [0.2, 0.25) is 0 Å². The summed E-state index contributed by atoms with van der Waals surface area (Å²) < 4.78 is 29.3. The number of fused-ring (bicyclic) bond motifs is 3. The molecule has 5 rings (SSSR count). The molecule has 7 heteroatoms. The topological polar surface area (TPSA) is 33.1 Å². The van der Waals surface area contributed by atoms with E-state index in [-0.39, 0.29) is 19.1 Å². The second-order valence-corrected chi connectivity index (χ2v) is 7.01. The van der Waals surface area contributed by atoms with E-state index in [0.717, 1.165) is 28.5 Å². The minimum absolute atomic E-state index is 0.0875. The Morgan fingerprint density at radius 3 is 2.67 bits per heavy atom. The lowest BCUT2D eigenvalue weighted by Crippen LogP contribution is -2.50. The van der Waals surface area contributed by atoms with E-state index in [1.54, 1.807) is 6.20 Å². The molecule has 1 N–H and O–H groups in total. The molecule has 0 spiro atoms. The minimum atomic E-state index is -1.92. The number of pyridine rings is 1. The first-order valence-electron chi connectivity index (χ1n) is 9.12. The second kappa shape index (κ2) is 6.06. The van der Waals surface area contributed by atoms with Gasteiger partial charge in [0.2, 0.25) is 0 Å². The molecule has 1 aromatic carbocycles. The van der Waals surface area contributed by atoms with E-state index in [4.69, 9.17) is 0 Å². The van der Waals surface area contributed by atoms with Crippen LogP contribution < -0.4 is 10.2 Å². The number of halogens is 2. The standard InChI is InChI=1S/C20H20F2N5/c21-27(22)13-11-25(12-14-27)20-15(5-3-9-23-20)19-18-8-4-10-26(18)17-7-2-1-6-16(17)24-19/h1-10,19,24H,11-14H2/q+1. The Hall–Kier alpha value is -2.93. The number of nitrogens with one attached hydrogen (secondary N) is 1. The van der Waals surface area contributed by atoms with Crippen molar-refractivity contribution in [1.82, 2.24) is 9.55 Å². The van der Waals surface area contributed by atoms with Gasteiger partial charge < -0.3 is 14.8 Å². The summed E-state index contributed by atoms with van der Waals surface area (Å²) in [4.78, 5) is 4.62. The Bertz CT molecular complexity index is 974. The smallest absolute Gasteiger partial charge is 0.173 e. The molecule has 2 aliphatic rings. The lowest BCUT2D eigenvalue weighted by molar-refractivity contribution is -1.17. The van der Waals surface area contributed by atoms with Gasteiger partial charge in [0.1, 0.15) is 5.82 Å². The molecule has 2 aromatic heterocycles. The largest absolute Gasteiger partial charge is 0.371 e. The van der Waals surface area contributed by atoms with E-state index in [1.165, 1.54) is 0 Å². The molecule has 1 saturated heterocycles. The fraction of sp³-hybridized carbons (Fsp3) is 0.250. The van der Waals surface area contributed by atoms with Crippen LogP contribution in [0.25, 0.3) is 5.69 Å². The van der Waals surface area contributed by atoms with E-state index in [9.17, 15) is 8.96 Å². The van der Waals surface area contributed by atoms with Gasteiger partial charge in [-0.05, 0) is 30.3 Å². The number of benzene rings is 1. The number of aromatic nitrogens is 2. The number of piperazine rings is 1. The maximum atomic E-state index is 13.5. The number of para-hydroxylation sites is 2. The molecule has 27 heavy (non-hydrogen) atoms. The van der Waals surface area contributed by atoms with Crippen molar-refractivity contribution in [3.05, 3.63) is 72.2 Å². The Morgan fingerprint density at radius 2 is 1.81 bits per heavy atom. The Balaban J connectivity index is 1.55. The number of anilines is 2. The van der Waals surface area contributed by atoms with Gasteiger partial charge in [0.05, 0.1) is 35.4 Å². The fourth-order valence-electron chi connectivity index (χ4n) is 3.99. The lowest BCUT2D eigenvalue weighted by Gasteiger charge is -2.34. The second-order valence-electron chi connectivity index (χ2n) is 7.01. The number of hydrogen-bond acceptors (Lipinski definition) is 3. The zero-order chi connectivity index (χ0) is 18.4. The number of hydrogen-bond donors (Lipinski definition) is 1. The van der Waals surface area contributed by atoms with Gasteiger partial charge in [0, 0.05) is 32.6 Å². The van der Waals surface area contributed by atoms with Gasteiger partial charge in [-0.15, -0.1) is 0 Å². The highest BCUT2D eigenvalue weighted by molar-refractivity contribution is 5.68. The van der Waals surface area contributed by atoms with Gasteiger partial charge in [-0.25, -0.2) is 4.98 Å². The molecule has 0 amide bonds. The molecular weight excluding hydrogens is 348 g/mol. The Kier molecular flexibility index (Phi) is 3.65. The van der Waals surface area contributed by atoms with Crippen molar-refractivity contribution in [2.24, 2.45) is 0 Å². The predicted octanol–water partition coefficient (Wildman–Crippen LogP) is 3.79. The van der Waals surface area contributed by atoms with Gasteiger partial charge in [0.25, 0.3) is 0 Å². The number of rotatable bonds is 2. The third-order valence-electron chi connectivity index (χ3n) is 5.36. The van der Waals surface area contributed by atoms with E-state index in [2.05, 4.69) is 39.3 Å². The highest BCUT2D eigenvalue weighted by Crippen LogP contribution is 2.39. The summed E-state index contributed by atoms with van der Waals surface area (Å²) in [5.41, 5.74) is 4.27. The maximum absolute atomic E-state index is 13.5. The quantitative estimate of drug-likeness (QED) is 0.699. The molecule has 1 unspecified atom stereocenters. The van der Waals surface area contributed by atoms with Crippen molar-refractivity contribution in [2.75, 3.05) is 36.4 Å². The van der Waals surface area contributed by atoms with Crippen molar-refractivity contribution in [1.29, 1.82) is 0 Å². The molecule has 0 saturated carbocycles. The summed E-state index contributed by atoms with van der Waals surface area (Å²) >= 11 is 0. The Morgan fingerprint density at radius 1 is 1.00 bits per heavy atom. The van der Waals surface area contributed by atoms with Crippen LogP contribution in [0, 0.1) is 0 Å². The van der Waals surface area contributed by atoms with E-state index < -0.39 is 4.93 Å². The SMILES string of the molecule is F[N+]1(F)CCN(c2ncccc2C2Nc3ccccc3-n3cccc32)CC1. The van der Waals surface area contributed by atoms with Crippen LogP contribution in [0.4, 0.5) is 20.5 Å². The van der Waals surface area contributed by atoms with Crippen LogP contribution in [-0.2, 0) is 0 Å². The first-order valence-corrected chi connectivity index (χ1v) is 9.12. The number of nitrogens with zero attached hydrogens (tertiary/aromatic N) is 4. The van der Waals surface area contributed by atoms with E-state index >= 15 is 0 Å². The summed E-state index contributed by atoms with van der Waals surface area (Å²) in [6.07, 6.45) is 3.78. The van der Waals surface area contributed by atoms with Crippen LogP contribution in [0.1, 0.15) is 17.3 Å². The number of quaternary nitrogens is 1. The molecule has 3 aromatic rings. The van der Waals surface area contributed by atoms with Crippen molar-refractivity contribution in [2.45, 2.75) is 6.04 Å². The third kappa shape index (κ3) is 2.75. The molecule has 4 heterocycles. The summed E-state index contributed by atoms with van der Waals surface area (Å²) in [7, 11) is 0. The van der Waals surface area contributed by atoms with E-state index in [1.807, 2.05) is 35.2 Å².